The van der Waals surface area contributed by atoms with Gasteiger partial charge in [0.1, 0.15) is 5.82 Å². The second-order valence-corrected chi connectivity index (χ2v) is 6.49. The van der Waals surface area contributed by atoms with Crippen molar-refractivity contribution in [2.45, 2.75) is 12.8 Å². The first-order valence-corrected chi connectivity index (χ1v) is 8.29. The van der Waals surface area contributed by atoms with Crippen LogP contribution in [0, 0.1) is 9.39 Å². The lowest BCUT2D eigenvalue weighted by Crippen LogP contribution is -2.36. The fourth-order valence-electron chi connectivity index (χ4n) is 2.73. The van der Waals surface area contributed by atoms with E-state index >= 15 is 0 Å². The predicted octanol–water partition coefficient (Wildman–Crippen LogP) is 3.82. The van der Waals surface area contributed by atoms with Crippen molar-refractivity contribution in [1.29, 1.82) is 0 Å². The molecule has 2 aromatic carbocycles. The van der Waals surface area contributed by atoms with Crippen molar-refractivity contribution < 1.29 is 9.18 Å². The number of halogens is 2. The molecule has 1 heterocycles. The number of anilines is 2. The van der Waals surface area contributed by atoms with Crippen molar-refractivity contribution in [3.63, 3.8) is 0 Å². The molecule has 0 radical (unpaired) electrons. The standard InChI is InChI=1S/C17H16FIN2O/c18-13-7-8-16-12(10-13)4-3-9-21(16)11-17(22)20-15-6-2-1-5-14(15)19/h1-2,5-8,10H,3-4,9,11H2,(H,20,22). The third-order valence-electron chi connectivity index (χ3n) is 3.74. The van der Waals surface area contributed by atoms with Gasteiger partial charge >= 0.3 is 0 Å². The first kappa shape index (κ1) is 15.3. The summed E-state index contributed by atoms with van der Waals surface area (Å²) in [5.74, 6) is -0.273. The topological polar surface area (TPSA) is 32.3 Å². The number of nitrogens with one attached hydrogen (secondary N) is 1. The minimum Gasteiger partial charge on any atom is -0.362 e. The van der Waals surface area contributed by atoms with Crippen molar-refractivity contribution in [3.05, 3.63) is 57.4 Å². The van der Waals surface area contributed by atoms with Crippen LogP contribution in [0.2, 0.25) is 0 Å². The Morgan fingerprint density at radius 2 is 2.09 bits per heavy atom. The molecule has 1 amide bonds. The van der Waals surface area contributed by atoms with E-state index in [1.807, 2.05) is 29.2 Å². The zero-order chi connectivity index (χ0) is 15.5. The summed E-state index contributed by atoms with van der Waals surface area (Å²) in [6.07, 6.45) is 1.80. The highest BCUT2D eigenvalue weighted by atomic mass is 127. The highest BCUT2D eigenvalue weighted by Crippen LogP contribution is 2.27. The molecular weight excluding hydrogens is 394 g/mol. The molecule has 1 N–H and O–H groups in total. The van der Waals surface area contributed by atoms with E-state index in [1.54, 1.807) is 12.1 Å². The van der Waals surface area contributed by atoms with Crippen molar-refractivity contribution in [2.75, 3.05) is 23.3 Å². The van der Waals surface area contributed by atoms with Gasteiger partial charge in [0.05, 0.1) is 12.2 Å². The minimum atomic E-state index is -0.219. The zero-order valence-electron chi connectivity index (χ0n) is 12.0. The molecule has 0 spiro atoms. The highest BCUT2D eigenvalue weighted by Gasteiger charge is 2.19. The summed E-state index contributed by atoms with van der Waals surface area (Å²) in [4.78, 5) is 14.3. The molecule has 3 rings (SSSR count). The van der Waals surface area contributed by atoms with Gasteiger partial charge in [-0.25, -0.2) is 4.39 Å². The maximum Gasteiger partial charge on any atom is 0.243 e. The van der Waals surface area contributed by atoms with Crippen LogP contribution in [0.1, 0.15) is 12.0 Å². The monoisotopic (exact) mass is 410 g/mol. The molecule has 0 bridgehead atoms. The van der Waals surface area contributed by atoms with Crippen molar-refractivity contribution >= 4 is 39.9 Å². The number of nitrogens with zero attached hydrogens (tertiary/aromatic N) is 1. The van der Waals surface area contributed by atoms with Gasteiger partial charge in [-0.2, -0.15) is 0 Å². The second-order valence-electron chi connectivity index (χ2n) is 5.33. The van der Waals surface area contributed by atoms with Crippen LogP contribution < -0.4 is 10.2 Å². The van der Waals surface area contributed by atoms with Gasteiger partial charge in [0.15, 0.2) is 0 Å². The Hall–Kier alpha value is -1.63. The molecule has 0 aliphatic carbocycles. The summed E-state index contributed by atoms with van der Waals surface area (Å²) in [6.45, 7) is 1.10. The lowest BCUT2D eigenvalue weighted by Gasteiger charge is -2.30. The Labute approximate surface area is 142 Å². The quantitative estimate of drug-likeness (QED) is 0.781. The average Bonchev–Trinajstić information content (AvgIpc) is 2.49. The fraction of sp³-hybridized carbons (Fsp3) is 0.235. The molecule has 0 atom stereocenters. The van der Waals surface area contributed by atoms with E-state index < -0.39 is 0 Å². The average molecular weight is 410 g/mol. The molecule has 0 saturated carbocycles. The first-order chi connectivity index (χ1) is 10.6. The number of rotatable bonds is 3. The first-order valence-electron chi connectivity index (χ1n) is 7.21. The summed E-state index contributed by atoms with van der Waals surface area (Å²) in [7, 11) is 0. The second kappa shape index (κ2) is 6.64. The van der Waals surface area contributed by atoms with Gasteiger partial charge in [0.25, 0.3) is 0 Å². The van der Waals surface area contributed by atoms with E-state index in [0.717, 1.165) is 39.9 Å². The number of amides is 1. The lowest BCUT2D eigenvalue weighted by atomic mass is 10.0. The zero-order valence-corrected chi connectivity index (χ0v) is 14.1. The van der Waals surface area contributed by atoms with Crippen molar-refractivity contribution in [1.82, 2.24) is 0 Å². The molecule has 5 heteroatoms. The van der Waals surface area contributed by atoms with Gasteiger partial charge in [0, 0.05) is 15.8 Å². The highest BCUT2D eigenvalue weighted by molar-refractivity contribution is 14.1. The van der Waals surface area contributed by atoms with Crippen molar-refractivity contribution in [3.8, 4) is 0 Å². The number of carbonyl (C=O) groups is 1. The maximum atomic E-state index is 13.3. The summed E-state index contributed by atoms with van der Waals surface area (Å²) in [5, 5.41) is 2.94. The van der Waals surface area contributed by atoms with Crippen LogP contribution >= 0.6 is 22.6 Å². The number of aryl methyl sites for hydroxylation is 1. The Balaban J connectivity index is 1.72. The molecule has 0 unspecified atom stereocenters. The van der Waals surface area contributed by atoms with E-state index in [1.165, 1.54) is 6.07 Å². The third kappa shape index (κ3) is 3.40. The predicted molar refractivity (Wildman–Crippen MR) is 94.7 cm³/mol. The van der Waals surface area contributed by atoms with E-state index in [0.29, 0.717) is 0 Å². The van der Waals surface area contributed by atoms with Gasteiger partial charge in [-0.3, -0.25) is 4.79 Å². The Morgan fingerprint density at radius 1 is 1.27 bits per heavy atom. The normalized spacial score (nSPS) is 13.6. The number of benzene rings is 2. The van der Waals surface area contributed by atoms with Crippen LogP contribution in [0.3, 0.4) is 0 Å². The van der Waals surface area contributed by atoms with Crippen molar-refractivity contribution in [2.24, 2.45) is 0 Å². The molecule has 2 aromatic rings. The number of hydrogen-bond donors (Lipinski definition) is 1. The largest absolute Gasteiger partial charge is 0.362 e. The summed E-state index contributed by atoms with van der Waals surface area (Å²) in [5.41, 5.74) is 2.77. The van der Waals surface area contributed by atoms with Crippen LogP contribution in [0.25, 0.3) is 0 Å². The number of fused-ring (bicyclic) bond motifs is 1. The van der Waals surface area contributed by atoms with Crippen LogP contribution in [0.4, 0.5) is 15.8 Å². The van der Waals surface area contributed by atoms with Gasteiger partial charge in [0.2, 0.25) is 5.91 Å². The van der Waals surface area contributed by atoms with Crippen LogP contribution in [-0.2, 0) is 11.2 Å². The minimum absolute atomic E-state index is 0.0544. The van der Waals surface area contributed by atoms with Crippen LogP contribution in [-0.4, -0.2) is 19.0 Å². The van der Waals surface area contributed by atoms with Gasteiger partial charge in [-0.15, -0.1) is 0 Å². The Bertz CT molecular complexity index is 705. The summed E-state index contributed by atoms with van der Waals surface area (Å²) < 4.78 is 14.3. The molecule has 3 nitrogen and oxygen atoms in total. The molecule has 1 aliphatic heterocycles. The Kier molecular flexibility index (Phi) is 4.61. The van der Waals surface area contributed by atoms with E-state index in [2.05, 4.69) is 27.9 Å². The summed E-state index contributed by atoms with van der Waals surface area (Å²) in [6, 6.07) is 12.5. The smallest absolute Gasteiger partial charge is 0.243 e. The SMILES string of the molecule is O=C(CN1CCCc2cc(F)ccc21)Nc1ccccc1I. The molecule has 0 fully saturated rings. The summed E-state index contributed by atoms with van der Waals surface area (Å²) >= 11 is 2.20. The number of carbonyl (C=O) groups excluding carboxylic acids is 1. The molecular formula is C17H16FIN2O. The van der Waals surface area contributed by atoms with Crippen LogP contribution in [0.5, 0.6) is 0 Å². The molecule has 0 aromatic heterocycles. The van der Waals surface area contributed by atoms with Gasteiger partial charge in [-0.1, -0.05) is 12.1 Å². The molecule has 0 saturated heterocycles. The maximum absolute atomic E-state index is 13.3. The van der Waals surface area contributed by atoms with Gasteiger partial charge in [-0.05, 0) is 71.3 Å². The molecule has 114 valence electrons. The van der Waals surface area contributed by atoms with Crippen LogP contribution in [0.15, 0.2) is 42.5 Å². The fourth-order valence-corrected chi connectivity index (χ4v) is 3.26. The van der Waals surface area contributed by atoms with Gasteiger partial charge < -0.3 is 10.2 Å². The Morgan fingerprint density at radius 3 is 2.91 bits per heavy atom. The van der Waals surface area contributed by atoms with E-state index in [4.69, 9.17) is 0 Å². The molecule has 22 heavy (non-hydrogen) atoms. The lowest BCUT2D eigenvalue weighted by molar-refractivity contribution is -0.115. The third-order valence-corrected chi connectivity index (χ3v) is 4.68. The number of para-hydroxylation sites is 1. The van der Waals surface area contributed by atoms with E-state index in [9.17, 15) is 9.18 Å². The number of hydrogen-bond acceptors (Lipinski definition) is 2. The molecule has 1 aliphatic rings. The van der Waals surface area contributed by atoms with E-state index in [-0.39, 0.29) is 18.3 Å².